The average molecular weight is 396 g/mol. The largest absolute Gasteiger partial charge is 0.502 e. The van der Waals surface area contributed by atoms with Gasteiger partial charge in [-0.05, 0) is 47.2 Å². The van der Waals surface area contributed by atoms with Gasteiger partial charge in [-0.1, -0.05) is 18.2 Å². The fourth-order valence-electron chi connectivity index (χ4n) is 2.72. The number of ether oxygens (including phenoxy) is 2. The van der Waals surface area contributed by atoms with E-state index in [0.717, 1.165) is 16.7 Å². The molecule has 1 heterocycles. The van der Waals surface area contributed by atoms with Crippen molar-refractivity contribution in [2.24, 2.45) is 0 Å². The summed E-state index contributed by atoms with van der Waals surface area (Å²) in [4.78, 5) is 26.4. The van der Waals surface area contributed by atoms with Crippen LogP contribution in [-0.2, 0) is 11.3 Å². The highest BCUT2D eigenvalue weighted by atomic mass is 32.2. The molecule has 0 spiro atoms. The topological polar surface area (TPSA) is 99.9 Å². The number of carbonyl (C=O) groups excluding carboxylic acids is 2. The molecule has 142 valence electrons. The number of hydrogen-bond acceptors (Lipinski definition) is 7. The Bertz CT molecular complexity index is 1000. The molecule has 1 saturated heterocycles. The van der Waals surface area contributed by atoms with Gasteiger partial charge >= 0.3 is 0 Å². The first-order valence-corrected chi connectivity index (χ1v) is 8.98. The number of methoxy groups -OCH3 is 2. The van der Waals surface area contributed by atoms with Crippen molar-refractivity contribution < 1.29 is 24.2 Å². The van der Waals surface area contributed by atoms with Gasteiger partial charge in [0, 0.05) is 0 Å². The molecule has 0 unspecified atom stereocenters. The third kappa shape index (κ3) is 3.66. The summed E-state index contributed by atoms with van der Waals surface area (Å²) in [6.45, 7) is 0.0218. The van der Waals surface area contributed by atoms with Crippen molar-refractivity contribution in [2.75, 3.05) is 14.2 Å². The standard InChI is InChI=1S/C20H16N2O5S/c1-26-15-7-12(8-16(27-2)18(15)23)9-17-19(24)22(20(25)28-17)11-14-6-4-3-5-13(14)10-21/h3-9,23H,11H2,1-2H3. The van der Waals surface area contributed by atoms with Gasteiger partial charge in [0.15, 0.2) is 11.5 Å². The molecule has 8 heteroatoms. The van der Waals surface area contributed by atoms with Gasteiger partial charge < -0.3 is 14.6 Å². The SMILES string of the molecule is COc1cc(C=C2SC(=O)N(Cc3ccccc3C#N)C2=O)cc(OC)c1O. The zero-order valence-corrected chi connectivity index (χ0v) is 15.9. The van der Waals surface area contributed by atoms with E-state index < -0.39 is 11.1 Å². The number of benzene rings is 2. The van der Waals surface area contributed by atoms with E-state index in [9.17, 15) is 20.0 Å². The Morgan fingerprint density at radius 1 is 1.18 bits per heavy atom. The van der Waals surface area contributed by atoms with Gasteiger partial charge in [0.05, 0.1) is 37.3 Å². The minimum Gasteiger partial charge on any atom is -0.502 e. The van der Waals surface area contributed by atoms with E-state index in [0.29, 0.717) is 16.7 Å². The first-order valence-electron chi connectivity index (χ1n) is 8.16. The van der Waals surface area contributed by atoms with Crippen LogP contribution in [-0.4, -0.2) is 35.4 Å². The Hall–Kier alpha value is -3.44. The molecule has 0 aromatic heterocycles. The van der Waals surface area contributed by atoms with Crippen molar-refractivity contribution >= 4 is 29.0 Å². The molecule has 28 heavy (non-hydrogen) atoms. The van der Waals surface area contributed by atoms with E-state index >= 15 is 0 Å². The van der Waals surface area contributed by atoms with E-state index in [-0.39, 0.29) is 28.7 Å². The highest BCUT2D eigenvalue weighted by Gasteiger charge is 2.35. The number of carbonyl (C=O) groups is 2. The van der Waals surface area contributed by atoms with E-state index in [1.807, 2.05) is 0 Å². The highest BCUT2D eigenvalue weighted by molar-refractivity contribution is 8.18. The molecule has 1 fully saturated rings. The number of nitrogens with zero attached hydrogens (tertiary/aromatic N) is 2. The Morgan fingerprint density at radius 3 is 2.43 bits per heavy atom. The molecule has 0 saturated carbocycles. The quantitative estimate of drug-likeness (QED) is 0.772. The van der Waals surface area contributed by atoms with Crippen LogP contribution < -0.4 is 9.47 Å². The van der Waals surface area contributed by atoms with Gasteiger partial charge in [-0.3, -0.25) is 14.5 Å². The Morgan fingerprint density at radius 2 is 1.82 bits per heavy atom. The normalized spacial score (nSPS) is 15.0. The number of hydrogen-bond donors (Lipinski definition) is 1. The van der Waals surface area contributed by atoms with Crippen molar-refractivity contribution in [3.05, 3.63) is 58.0 Å². The number of rotatable bonds is 5. The number of thioether (sulfide) groups is 1. The second-order valence-corrected chi connectivity index (χ2v) is 6.80. The maximum absolute atomic E-state index is 12.7. The molecule has 3 rings (SSSR count). The molecule has 0 atom stereocenters. The minimum absolute atomic E-state index is 0.0218. The van der Waals surface area contributed by atoms with E-state index in [1.54, 1.807) is 24.3 Å². The second-order valence-electron chi connectivity index (χ2n) is 5.81. The highest BCUT2D eigenvalue weighted by Crippen LogP contribution is 2.39. The predicted molar refractivity (Wildman–Crippen MR) is 104 cm³/mol. The number of phenolic OH excluding ortho intramolecular Hbond substituents is 1. The van der Waals surface area contributed by atoms with E-state index in [4.69, 9.17) is 9.47 Å². The number of phenols is 1. The lowest BCUT2D eigenvalue weighted by atomic mass is 10.1. The van der Waals surface area contributed by atoms with Gasteiger partial charge in [-0.25, -0.2) is 0 Å². The molecule has 2 aromatic rings. The Kier molecular flexibility index (Phi) is 5.57. The summed E-state index contributed by atoms with van der Waals surface area (Å²) >= 11 is 0.812. The third-order valence-corrected chi connectivity index (χ3v) is 5.05. The van der Waals surface area contributed by atoms with Crippen molar-refractivity contribution in [2.45, 2.75) is 6.54 Å². The van der Waals surface area contributed by atoms with Crippen LogP contribution in [0.4, 0.5) is 4.79 Å². The summed E-state index contributed by atoms with van der Waals surface area (Å²) in [5.41, 5.74) is 1.55. The summed E-state index contributed by atoms with van der Waals surface area (Å²) < 4.78 is 10.2. The number of amides is 2. The van der Waals surface area contributed by atoms with Gasteiger partial charge in [0.2, 0.25) is 5.75 Å². The van der Waals surface area contributed by atoms with Gasteiger partial charge in [0.25, 0.3) is 11.1 Å². The summed E-state index contributed by atoms with van der Waals surface area (Å²) in [5.74, 6) is -0.224. The van der Waals surface area contributed by atoms with Gasteiger partial charge in [-0.15, -0.1) is 0 Å². The zero-order valence-electron chi connectivity index (χ0n) is 15.1. The van der Waals surface area contributed by atoms with Crippen LogP contribution in [0.5, 0.6) is 17.2 Å². The summed E-state index contributed by atoms with van der Waals surface area (Å²) in [7, 11) is 2.80. The van der Waals surface area contributed by atoms with Crippen LogP contribution in [0, 0.1) is 11.3 Å². The van der Waals surface area contributed by atoms with E-state index in [1.165, 1.54) is 32.4 Å². The zero-order chi connectivity index (χ0) is 20.3. The molecule has 0 aliphatic carbocycles. The van der Waals surface area contributed by atoms with Crippen molar-refractivity contribution in [1.29, 1.82) is 5.26 Å². The second kappa shape index (κ2) is 8.06. The summed E-state index contributed by atoms with van der Waals surface area (Å²) in [5, 5.41) is 18.8. The Labute approximate surface area is 165 Å². The van der Waals surface area contributed by atoms with Crippen molar-refractivity contribution in [3.63, 3.8) is 0 Å². The summed E-state index contributed by atoms with van der Waals surface area (Å²) in [6, 6.07) is 12.0. The monoisotopic (exact) mass is 396 g/mol. The lowest BCUT2D eigenvalue weighted by molar-refractivity contribution is -0.123. The molecule has 0 bridgehead atoms. The maximum Gasteiger partial charge on any atom is 0.293 e. The van der Waals surface area contributed by atoms with Crippen molar-refractivity contribution in [1.82, 2.24) is 4.90 Å². The third-order valence-electron chi connectivity index (χ3n) is 4.14. The molecule has 1 aliphatic heterocycles. The summed E-state index contributed by atoms with van der Waals surface area (Å²) in [6.07, 6.45) is 1.53. The fraction of sp³-hybridized carbons (Fsp3) is 0.150. The lowest BCUT2D eigenvalue weighted by Crippen LogP contribution is -2.27. The Balaban J connectivity index is 1.90. The van der Waals surface area contributed by atoms with Crippen LogP contribution in [0.15, 0.2) is 41.3 Å². The van der Waals surface area contributed by atoms with Crippen LogP contribution in [0.25, 0.3) is 6.08 Å². The first-order chi connectivity index (χ1) is 13.5. The molecule has 7 nitrogen and oxygen atoms in total. The molecular formula is C20H16N2O5S. The minimum atomic E-state index is -0.450. The molecule has 2 aromatic carbocycles. The van der Waals surface area contributed by atoms with Crippen LogP contribution in [0.2, 0.25) is 0 Å². The van der Waals surface area contributed by atoms with Gasteiger partial charge in [0.1, 0.15) is 0 Å². The average Bonchev–Trinajstić information content (AvgIpc) is 2.96. The first kappa shape index (κ1) is 19.3. The fourth-order valence-corrected chi connectivity index (χ4v) is 3.56. The molecular weight excluding hydrogens is 380 g/mol. The predicted octanol–water partition coefficient (Wildman–Crippen LogP) is 3.52. The molecule has 1 N–H and O–H groups in total. The molecule has 1 aliphatic rings. The van der Waals surface area contributed by atoms with E-state index in [2.05, 4.69) is 6.07 Å². The molecule has 0 radical (unpaired) electrons. The van der Waals surface area contributed by atoms with Crippen LogP contribution in [0.3, 0.4) is 0 Å². The number of imide groups is 1. The maximum atomic E-state index is 12.7. The van der Waals surface area contributed by atoms with Crippen LogP contribution >= 0.6 is 11.8 Å². The number of nitriles is 1. The number of aromatic hydroxyl groups is 1. The smallest absolute Gasteiger partial charge is 0.293 e. The van der Waals surface area contributed by atoms with Crippen LogP contribution in [0.1, 0.15) is 16.7 Å². The lowest BCUT2D eigenvalue weighted by Gasteiger charge is -2.13. The molecule has 2 amide bonds. The van der Waals surface area contributed by atoms with Gasteiger partial charge in [-0.2, -0.15) is 5.26 Å². The van der Waals surface area contributed by atoms with Crippen molar-refractivity contribution in [3.8, 4) is 23.3 Å².